The summed E-state index contributed by atoms with van der Waals surface area (Å²) in [6, 6.07) is 13.2. The molecule has 0 radical (unpaired) electrons. The minimum absolute atomic E-state index is 0.0388. The second-order valence-electron chi connectivity index (χ2n) is 5.57. The van der Waals surface area contributed by atoms with Gasteiger partial charge in [0, 0.05) is 43.1 Å². The van der Waals surface area contributed by atoms with E-state index in [4.69, 9.17) is 23.2 Å². The van der Waals surface area contributed by atoms with Gasteiger partial charge in [0.05, 0.1) is 10.0 Å². The third-order valence-corrected chi connectivity index (χ3v) is 4.62. The Morgan fingerprint density at radius 3 is 2.20 bits per heavy atom. The van der Waals surface area contributed by atoms with Gasteiger partial charge in [0.2, 0.25) is 5.91 Å². The van der Waals surface area contributed by atoms with Crippen LogP contribution in [0.5, 0.6) is 0 Å². The molecule has 2 aromatic rings. The maximum atomic E-state index is 12.0. The van der Waals surface area contributed by atoms with Gasteiger partial charge in [-0.25, -0.2) is 0 Å². The smallest absolute Gasteiger partial charge is 0.226 e. The quantitative estimate of drug-likeness (QED) is 0.655. The second kappa shape index (κ2) is 9.54. The lowest BCUT2D eigenvalue weighted by Gasteiger charge is -2.21. The first-order valence-electron chi connectivity index (χ1n) is 8.37. The Bertz CT molecular complexity index is 700. The van der Waals surface area contributed by atoms with E-state index in [0.717, 1.165) is 30.2 Å². The van der Waals surface area contributed by atoms with Crippen molar-refractivity contribution in [2.75, 3.05) is 35.2 Å². The van der Waals surface area contributed by atoms with E-state index in [0.29, 0.717) is 23.0 Å². The summed E-state index contributed by atoms with van der Waals surface area (Å²) in [5.74, 6) is -0.0388. The van der Waals surface area contributed by atoms with E-state index >= 15 is 0 Å². The van der Waals surface area contributed by atoms with Gasteiger partial charge in [0.15, 0.2) is 0 Å². The fourth-order valence-electron chi connectivity index (χ4n) is 2.49. The minimum Gasteiger partial charge on any atom is -0.384 e. The molecule has 0 unspecified atom stereocenters. The van der Waals surface area contributed by atoms with Gasteiger partial charge in [0.1, 0.15) is 0 Å². The van der Waals surface area contributed by atoms with E-state index in [-0.39, 0.29) is 5.91 Å². The van der Waals surface area contributed by atoms with Crippen LogP contribution in [-0.4, -0.2) is 25.5 Å². The summed E-state index contributed by atoms with van der Waals surface area (Å²) in [5, 5.41) is 7.07. The third kappa shape index (κ3) is 5.83. The van der Waals surface area contributed by atoms with Crippen LogP contribution in [0.3, 0.4) is 0 Å². The van der Waals surface area contributed by atoms with Crippen molar-refractivity contribution < 1.29 is 4.79 Å². The number of benzene rings is 2. The Balaban J connectivity index is 1.80. The molecule has 0 aliphatic carbocycles. The average Bonchev–Trinajstić information content (AvgIpc) is 2.60. The van der Waals surface area contributed by atoms with Gasteiger partial charge in [-0.15, -0.1) is 0 Å². The fraction of sp³-hybridized carbons (Fsp3) is 0.316. The van der Waals surface area contributed by atoms with Crippen molar-refractivity contribution >= 4 is 46.2 Å². The maximum Gasteiger partial charge on any atom is 0.226 e. The number of rotatable bonds is 8. The number of carbonyl (C=O) groups is 1. The van der Waals surface area contributed by atoms with Gasteiger partial charge in [-0.2, -0.15) is 0 Å². The molecule has 134 valence electrons. The largest absolute Gasteiger partial charge is 0.384 e. The van der Waals surface area contributed by atoms with Crippen LogP contribution in [0, 0.1) is 0 Å². The standard InChI is InChI=1S/C19H23Cl2N3O/c1-3-24(4-2)16-8-5-14(6-9-16)23-19(25)11-12-22-15-7-10-17(20)18(21)13-15/h5-10,13,22H,3-4,11-12H2,1-2H3,(H,23,25). The topological polar surface area (TPSA) is 44.4 Å². The molecule has 0 heterocycles. The van der Waals surface area contributed by atoms with Crippen molar-refractivity contribution in [2.24, 2.45) is 0 Å². The molecule has 0 saturated heterocycles. The number of anilines is 3. The Labute approximate surface area is 159 Å². The molecule has 0 aliphatic rings. The lowest BCUT2D eigenvalue weighted by molar-refractivity contribution is -0.115. The van der Waals surface area contributed by atoms with E-state index in [1.807, 2.05) is 30.3 Å². The molecule has 2 N–H and O–H groups in total. The van der Waals surface area contributed by atoms with E-state index in [1.54, 1.807) is 12.1 Å². The van der Waals surface area contributed by atoms with Crippen LogP contribution < -0.4 is 15.5 Å². The van der Waals surface area contributed by atoms with Crippen molar-refractivity contribution in [2.45, 2.75) is 20.3 Å². The monoisotopic (exact) mass is 379 g/mol. The number of nitrogens with zero attached hydrogens (tertiary/aromatic N) is 1. The molecule has 0 aliphatic heterocycles. The zero-order chi connectivity index (χ0) is 18.2. The van der Waals surface area contributed by atoms with E-state index in [9.17, 15) is 4.79 Å². The molecule has 1 amide bonds. The number of halogens is 2. The highest BCUT2D eigenvalue weighted by atomic mass is 35.5. The van der Waals surface area contributed by atoms with Gasteiger partial charge in [-0.05, 0) is 56.3 Å². The second-order valence-corrected chi connectivity index (χ2v) is 6.39. The molecule has 6 heteroatoms. The van der Waals surface area contributed by atoms with Crippen LogP contribution in [-0.2, 0) is 4.79 Å². The predicted molar refractivity (Wildman–Crippen MR) is 108 cm³/mol. The Hall–Kier alpha value is -1.91. The average molecular weight is 380 g/mol. The van der Waals surface area contributed by atoms with Crippen LogP contribution in [0.2, 0.25) is 10.0 Å². The number of amides is 1. The summed E-state index contributed by atoms with van der Waals surface area (Å²) >= 11 is 11.8. The minimum atomic E-state index is -0.0388. The SMILES string of the molecule is CCN(CC)c1ccc(NC(=O)CCNc2ccc(Cl)c(Cl)c2)cc1. The van der Waals surface area contributed by atoms with Crippen LogP contribution >= 0.6 is 23.2 Å². The molecule has 2 aromatic carbocycles. The van der Waals surface area contributed by atoms with Gasteiger partial charge in [-0.1, -0.05) is 23.2 Å². The molecule has 0 saturated carbocycles. The van der Waals surface area contributed by atoms with Gasteiger partial charge < -0.3 is 15.5 Å². The van der Waals surface area contributed by atoms with Crippen LogP contribution in [0.4, 0.5) is 17.1 Å². The summed E-state index contributed by atoms with van der Waals surface area (Å²) in [4.78, 5) is 14.3. The predicted octanol–water partition coefficient (Wildman–Crippen LogP) is 5.28. The number of carbonyl (C=O) groups excluding carboxylic acids is 1. The fourth-order valence-corrected chi connectivity index (χ4v) is 2.79. The van der Waals surface area contributed by atoms with Crippen molar-refractivity contribution in [3.63, 3.8) is 0 Å². The molecule has 0 bridgehead atoms. The lowest BCUT2D eigenvalue weighted by Crippen LogP contribution is -2.21. The number of hydrogen-bond acceptors (Lipinski definition) is 3. The third-order valence-electron chi connectivity index (χ3n) is 3.88. The first-order chi connectivity index (χ1) is 12.0. The molecular formula is C19H23Cl2N3O. The Morgan fingerprint density at radius 1 is 0.960 bits per heavy atom. The summed E-state index contributed by atoms with van der Waals surface area (Å²) in [6.07, 6.45) is 0.359. The van der Waals surface area contributed by atoms with Crippen molar-refractivity contribution in [3.8, 4) is 0 Å². The summed E-state index contributed by atoms with van der Waals surface area (Å²) in [6.45, 7) is 6.69. The maximum absolute atomic E-state index is 12.0. The highest BCUT2D eigenvalue weighted by Gasteiger charge is 2.05. The molecular weight excluding hydrogens is 357 g/mol. The Kier molecular flexibility index (Phi) is 7.41. The van der Waals surface area contributed by atoms with Gasteiger partial charge >= 0.3 is 0 Å². The van der Waals surface area contributed by atoms with E-state index < -0.39 is 0 Å². The highest BCUT2D eigenvalue weighted by Crippen LogP contribution is 2.25. The van der Waals surface area contributed by atoms with Gasteiger partial charge in [0.25, 0.3) is 0 Å². The summed E-state index contributed by atoms with van der Waals surface area (Å²) < 4.78 is 0. The molecule has 0 atom stereocenters. The van der Waals surface area contributed by atoms with Crippen molar-refractivity contribution in [1.29, 1.82) is 0 Å². The van der Waals surface area contributed by atoms with E-state index in [1.165, 1.54) is 0 Å². The molecule has 0 aromatic heterocycles. The molecule has 25 heavy (non-hydrogen) atoms. The van der Waals surface area contributed by atoms with Crippen molar-refractivity contribution in [3.05, 3.63) is 52.5 Å². The first kappa shape index (κ1) is 19.4. The first-order valence-corrected chi connectivity index (χ1v) is 9.12. The van der Waals surface area contributed by atoms with Crippen molar-refractivity contribution in [1.82, 2.24) is 0 Å². The lowest BCUT2D eigenvalue weighted by atomic mass is 10.2. The zero-order valence-corrected chi connectivity index (χ0v) is 16.0. The number of hydrogen-bond donors (Lipinski definition) is 2. The van der Waals surface area contributed by atoms with Gasteiger partial charge in [-0.3, -0.25) is 4.79 Å². The molecule has 2 rings (SSSR count). The molecule has 4 nitrogen and oxygen atoms in total. The highest BCUT2D eigenvalue weighted by molar-refractivity contribution is 6.42. The van der Waals surface area contributed by atoms with Crippen LogP contribution in [0.25, 0.3) is 0 Å². The van der Waals surface area contributed by atoms with E-state index in [2.05, 4.69) is 29.4 Å². The van der Waals surface area contributed by atoms with Crippen LogP contribution in [0.15, 0.2) is 42.5 Å². The van der Waals surface area contributed by atoms with Crippen LogP contribution in [0.1, 0.15) is 20.3 Å². The normalized spacial score (nSPS) is 10.4. The Morgan fingerprint density at radius 2 is 1.60 bits per heavy atom. The number of nitrogens with one attached hydrogen (secondary N) is 2. The summed E-state index contributed by atoms with van der Waals surface area (Å²) in [5.41, 5.74) is 2.80. The molecule has 0 fully saturated rings. The summed E-state index contributed by atoms with van der Waals surface area (Å²) in [7, 11) is 0. The zero-order valence-electron chi connectivity index (χ0n) is 14.5. The molecule has 0 spiro atoms.